The summed E-state index contributed by atoms with van der Waals surface area (Å²) in [5.74, 6) is 0.242. The SMILES string of the molecule is Cc1ccc(C2=CC(CCC3(F)CCCCC3)[C@H](C)C3=CC(c4c(C)noc4C)=CN(C)C23)cc1C(=O)O. The van der Waals surface area contributed by atoms with Gasteiger partial charge in [0.1, 0.15) is 11.4 Å². The maximum absolute atomic E-state index is 15.7. The number of carboxylic acid groups (broad SMARTS) is 1. The Morgan fingerprint density at radius 3 is 2.61 bits per heavy atom. The molecule has 2 aromatic rings. The van der Waals surface area contributed by atoms with Crippen molar-refractivity contribution in [3.05, 3.63) is 75.8 Å². The summed E-state index contributed by atoms with van der Waals surface area (Å²) >= 11 is 0. The Balaban J connectivity index is 1.57. The third-order valence-corrected chi connectivity index (χ3v) is 9.04. The predicted octanol–water partition coefficient (Wildman–Crippen LogP) is 7.68. The van der Waals surface area contributed by atoms with E-state index in [1.165, 1.54) is 5.57 Å². The number of aromatic nitrogens is 1. The molecule has 5 nitrogen and oxygen atoms in total. The van der Waals surface area contributed by atoms with Gasteiger partial charge < -0.3 is 14.5 Å². The van der Waals surface area contributed by atoms with Gasteiger partial charge >= 0.3 is 5.97 Å². The van der Waals surface area contributed by atoms with Crippen LogP contribution in [-0.2, 0) is 0 Å². The first-order valence-electron chi connectivity index (χ1n) is 13.9. The van der Waals surface area contributed by atoms with E-state index in [1.54, 1.807) is 6.07 Å². The van der Waals surface area contributed by atoms with Crippen molar-refractivity contribution in [2.45, 2.75) is 84.4 Å². The van der Waals surface area contributed by atoms with Crippen LogP contribution in [0.2, 0.25) is 0 Å². The number of carboxylic acids is 1. The number of aromatic carboxylic acids is 1. The standard InChI is InChI=1S/C32H39FN2O3/c1-19-9-10-24(16-26(19)31(36)37)28-15-23(11-14-32(33)12-7-6-8-13-32)20(2)27-17-25(18-35(5)30(27)28)29-21(3)34-38-22(29)4/h9-10,15-18,20,23,30H,6-8,11-14H2,1-5H3,(H,36,37)/t20-,23?,30?/m0/s1. The van der Waals surface area contributed by atoms with E-state index in [4.69, 9.17) is 4.52 Å². The molecule has 0 bridgehead atoms. The number of rotatable bonds is 6. The summed E-state index contributed by atoms with van der Waals surface area (Å²) in [5, 5.41) is 14.0. The van der Waals surface area contributed by atoms with Crippen LogP contribution in [0.1, 0.15) is 90.4 Å². The first-order valence-corrected chi connectivity index (χ1v) is 13.9. The van der Waals surface area contributed by atoms with Gasteiger partial charge in [0.15, 0.2) is 0 Å². The number of hydrogen-bond acceptors (Lipinski definition) is 4. The largest absolute Gasteiger partial charge is 0.478 e. The summed E-state index contributed by atoms with van der Waals surface area (Å²) in [5.41, 5.74) is 6.19. The van der Waals surface area contributed by atoms with Gasteiger partial charge in [-0.2, -0.15) is 0 Å². The normalized spacial score (nSPS) is 24.8. The lowest BCUT2D eigenvalue weighted by atomic mass is 9.69. The Labute approximate surface area is 225 Å². The summed E-state index contributed by atoms with van der Waals surface area (Å²) in [4.78, 5) is 14.2. The van der Waals surface area contributed by atoms with Gasteiger partial charge in [0.05, 0.1) is 17.3 Å². The summed E-state index contributed by atoms with van der Waals surface area (Å²) in [7, 11) is 2.07. The zero-order chi connectivity index (χ0) is 27.2. The maximum atomic E-state index is 15.7. The first-order chi connectivity index (χ1) is 18.1. The predicted molar refractivity (Wildman–Crippen MR) is 149 cm³/mol. The van der Waals surface area contributed by atoms with E-state index >= 15 is 4.39 Å². The highest BCUT2D eigenvalue weighted by Gasteiger charge is 2.39. The molecule has 202 valence electrons. The van der Waals surface area contributed by atoms with Crippen molar-refractivity contribution in [1.29, 1.82) is 0 Å². The van der Waals surface area contributed by atoms with Gasteiger partial charge in [0.25, 0.3) is 0 Å². The Kier molecular flexibility index (Phi) is 7.10. The lowest BCUT2D eigenvalue weighted by Gasteiger charge is -2.44. The topological polar surface area (TPSA) is 66.6 Å². The van der Waals surface area contributed by atoms with Gasteiger partial charge in [-0.05, 0) is 86.6 Å². The highest BCUT2D eigenvalue weighted by atomic mass is 19.1. The number of benzene rings is 1. The number of likely N-dealkylation sites (N-methyl/N-ethyl adjacent to an activating group) is 1. The Bertz CT molecular complexity index is 1310. The Hall–Kier alpha value is -3.15. The fraction of sp³-hybridized carbons (Fsp3) is 0.500. The smallest absolute Gasteiger partial charge is 0.335 e. The van der Waals surface area contributed by atoms with Crippen LogP contribution in [0.4, 0.5) is 4.39 Å². The maximum Gasteiger partial charge on any atom is 0.335 e. The van der Waals surface area contributed by atoms with Crippen LogP contribution in [0.25, 0.3) is 11.1 Å². The molecule has 3 aliphatic rings. The van der Waals surface area contributed by atoms with E-state index < -0.39 is 11.6 Å². The van der Waals surface area contributed by atoms with E-state index in [0.29, 0.717) is 24.8 Å². The average molecular weight is 519 g/mol. The molecule has 1 aliphatic heterocycles. The van der Waals surface area contributed by atoms with E-state index in [9.17, 15) is 9.90 Å². The number of alkyl halides is 1. The van der Waals surface area contributed by atoms with E-state index in [0.717, 1.165) is 65.0 Å². The molecular formula is C32H39FN2O3. The van der Waals surface area contributed by atoms with Crippen LogP contribution in [0.5, 0.6) is 0 Å². The number of fused-ring (bicyclic) bond motifs is 1. The fourth-order valence-electron chi connectivity index (χ4n) is 6.83. The molecule has 6 heteroatoms. The van der Waals surface area contributed by atoms with Gasteiger partial charge in [-0.1, -0.05) is 55.6 Å². The van der Waals surface area contributed by atoms with Crippen LogP contribution >= 0.6 is 0 Å². The van der Waals surface area contributed by atoms with Crippen LogP contribution in [0.3, 0.4) is 0 Å². The molecule has 1 saturated carbocycles. The minimum atomic E-state index is -1.07. The molecule has 2 aliphatic carbocycles. The summed E-state index contributed by atoms with van der Waals surface area (Å²) < 4.78 is 21.1. The molecule has 1 aromatic carbocycles. The molecular weight excluding hydrogens is 479 g/mol. The molecule has 0 saturated heterocycles. The van der Waals surface area contributed by atoms with Crippen LogP contribution in [0.15, 0.2) is 46.6 Å². The first kappa shape index (κ1) is 26.5. The zero-order valence-corrected chi connectivity index (χ0v) is 23.2. The van der Waals surface area contributed by atoms with Crippen molar-refractivity contribution >= 4 is 17.1 Å². The molecule has 1 aromatic heterocycles. The van der Waals surface area contributed by atoms with E-state index in [-0.39, 0.29) is 17.9 Å². The number of carbonyl (C=O) groups is 1. The van der Waals surface area contributed by atoms with Crippen LogP contribution in [0, 0.1) is 32.6 Å². The lowest BCUT2D eigenvalue weighted by molar-refractivity contribution is 0.0696. The molecule has 5 rings (SSSR count). The second kappa shape index (κ2) is 10.2. The number of aryl methyl sites for hydroxylation is 3. The van der Waals surface area contributed by atoms with Gasteiger partial charge in [-0.25, -0.2) is 9.18 Å². The lowest BCUT2D eigenvalue weighted by Crippen LogP contribution is -2.40. The third-order valence-electron chi connectivity index (χ3n) is 9.04. The van der Waals surface area contributed by atoms with Crippen LogP contribution in [-0.4, -0.2) is 39.9 Å². The second-order valence-corrected chi connectivity index (χ2v) is 11.7. The van der Waals surface area contributed by atoms with Crippen LogP contribution < -0.4 is 0 Å². The fourth-order valence-corrected chi connectivity index (χ4v) is 6.83. The van der Waals surface area contributed by atoms with E-state index in [1.807, 2.05) is 32.9 Å². The molecule has 38 heavy (non-hydrogen) atoms. The number of halogens is 1. The summed E-state index contributed by atoms with van der Waals surface area (Å²) in [6.45, 7) is 7.98. The third kappa shape index (κ3) is 4.85. The minimum Gasteiger partial charge on any atom is -0.478 e. The number of hydrogen-bond donors (Lipinski definition) is 1. The molecule has 2 unspecified atom stereocenters. The van der Waals surface area contributed by atoms with Crippen molar-refractivity contribution in [2.24, 2.45) is 11.8 Å². The molecule has 0 spiro atoms. The minimum absolute atomic E-state index is 0.0242. The van der Waals surface area contributed by atoms with Crippen molar-refractivity contribution in [2.75, 3.05) is 7.05 Å². The molecule has 0 amide bonds. The van der Waals surface area contributed by atoms with Crippen molar-refractivity contribution in [3.8, 4) is 0 Å². The molecule has 1 N–H and O–H groups in total. The average Bonchev–Trinajstić information content (AvgIpc) is 3.22. The Morgan fingerprint density at radius 1 is 1.21 bits per heavy atom. The van der Waals surface area contributed by atoms with Gasteiger partial charge in [-0.15, -0.1) is 0 Å². The highest BCUT2D eigenvalue weighted by molar-refractivity contribution is 5.91. The van der Waals surface area contributed by atoms with Gasteiger partial charge in [0, 0.05) is 24.4 Å². The summed E-state index contributed by atoms with van der Waals surface area (Å²) in [6, 6.07) is 5.69. The number of allylic oxidation sites excluding steroid dienone is 3. The van der Waals surface area contributed by atoms with E-state index in [2.05, 4.69) is 42.4 Å². The molecule has 0 radical (unpaired) electrons. The molecule has 1 fully saturated rings. The Morgan fingerprint density at radius 2 is 1.95 bits per heavy atom. The van der Waals surface area contributed by atoms with Crippen molar-refractivity contribution in [1.82, 2.24) is 10.1 Å². The monoisotopic (exact) mass is 518 g/mol. The quantitative estimate of drug-likeness (QED) is 0.425. The van der Waals surface area contributed by atoms with Crippen molar-refractivity contribution in [3.63, 3.8) is 0 Å². The zero-order valence-electron chi connectivity index (χ0n) is 23.2. The van der Waals surface area contributed by atoms with Gasteiger partial charge in [-0.3, -0.25) is 0 Å². The highest BCUT2D eigenvalue weighted by Crippen LogP contribution is 2.47. The second-order valence-electron chi connectivity index (χ2n) is 11.7. The van der Waals surface area contributed by atoms with Crippen molar-refractivity contribution < 1.29 is 18.8 Å². The molecule has 3 atom stereocenters. The molecule has 2 heterocycles. The summed E-state index contributed by atoms with van der Waals surface area (Å²) in [6.07, 6.45) is 12.5. The van der Waals surface area contributed by atoms with Gasteiger partial charge in [0.2, 0.25) is 0 Å². The number of nitrogens with zero attached hydrogens (tertiary/aromatic N) is 2.